The average molecular weight is 391 g/mol. The quantitative estimate of drug-likeness (QED) is 0.721. The third kappa shape index (κ3) is 5.72. The molecule has 0 aliphatic heterocycles. The van der Waals surface area contributed by atoms with Crippen molar-refractivity contribution in [2.45, 2.75) is 32.6 Å². The predicted octanol–water partition coefficient (Wildman–Crippen LogP) is 3.58. The molecule has 7 heteroatoms. The number of hydrogen-bond acceptors (Lipinski definition) is 4. The molecule has 0 heterocycles. The van der Waals surface area contributed by atoms with Crippen LogP contribution in [0.4, 0.5) is 5.69 Å². The van der Waals surface area contributed by atoms with Crippen LogP contribution in [0.25, 0.3) is 0 Å². The lowest BCUT2D eigenvalue weighted by Gasteiger charge is -2.13. The summed E-state index contributed by atoms with van der Waals surface area (Å²) >= 11 is 0. The number of anilines is 1. The summed E-state index contributed by atoms with van der Waals surface area (Å²) in [6.07, 6.45) is 0. The fourth-order valence-electron chi connectivity index (χ4n) is 2.40. The second-order valence-electron chi connectivity index (χ2n) is 6.64. The number of carbonyl (C=O) groups excluding carboxylic acids is 1. The minimum atomic E-state index is -3.81. The fraction of sp³-hybridized carbons (Fsp3) is 0.350. The molecule has 0 saturated heterocycles. The van der Waals surface area contributed by atoms with Crippen molar-refractivity contribution in [3.8, 4) is 5.75 Å². The number of aryl methyl sites for hydroxylation is 1. The molecule has 0 aliphatic carbocycles. The summed E-state index contributed by atoms with van der Waals surface area (Å²) in [5, 5.41) is 2.82. The Morgan fingerprint density at radius 1 is 1.11 bits per heavy atom. The first-order valence-corrected chi connectivity index (χ1v) is 10.4. The van der Waals surface area contributed by atoms with Crippen LogP contribution in [0.3, 0.4) is 0 Å². The highest BCUT2D eigenvalue weighted by atomic mass is 32.2. The van der Waals surface area contributed by atoms with E-state index in [0.29, 0.717) is 36.1 Å². The van der Waals surface area contributed by atoms with Crippen LogP contribution in [0.15, 0.2) is 47.4 Å². The normalized spacial score (nSPS) is 11.3. The Kier molecular flexibility index (Phi) is 6.85. The number of benzene rings is 2. The Bertz CT molecular complexity index is 891. The summed E-state index contributed by atoms with van der Waals surface area (Å²) < 4.78 is 33.3. The maximum atomic E-state index is 12.7. The Morgan fingerprint density at radius 2 is 1.78 bits per heavy atom. The number of nitrogens with one attached hydrogen (secondary N) is 2. The molecule has 27 heavy (non-hydrogen) atoms. The number of amides is 1. The molecule has 2 N–H and O–H groups in total. The third-order valence-electron chi connectivity index (χ3n) is 3.85. The van der Waals surface area contributed by atoms with Gasteiger partial charge in [-0.3, -0.25) is 9.52 Å². The van der Waals surface area contributed by atoms with Gasteiger partial charge < -0.3 is 10.1 Å². The van der Waals surface area contributed by atoms with Gasteiger partial charge in [0.25, 0.3) is 15.9 Å². The molecule has 2 aromatic rings. The standard InChI is InChI=1S/C20H26N2O4S/c1-5-26-17-9-7-16(8-10-17)22-27(24,25)18-11-6-15(4)19(12-18)20(23)21-13-14(2)3/h6-12,14,22H,5,13H2,1-4H3,(H,21,23). The van der Waals surface area contributed by atoms with Crippen LogP contribution in [-0.2, 0) is 10.0 Å². The van der Waals surface area contributed by atoms with Crippen molar-refractivity contribution < 1.29 is 17.9 Å². The van der Waals surface area contributed by atoms with Gasteiger partial charge in [-0.15, -0.1) is 0 Å². The van der Waals surface area contributed by atoms with Gasteiger partial charge in [-0.1, -0.05) is 19.9 Å². The zero-order valence-electron chi connectivity index (χ0n) is 16.1. The van der Waals surface area contributed by atoms with Crippen molar-refractivity contribution in [1.82, 2.24) is 5.32 Å². The molecule has 0 fully saturated rings. The molecule has 146 valence electrons. The number of rotatable bonds is 8. The van der Waals surface area contributed by atoms with Crippen molar-refractivity contribution in [3.05, 3.63) is 53.6 Å². The first-order chi connectivity index (χ1) is 12.7. The van der Waals surface area contributed by atoms with E-state index in [-0.39, 0.29) is 10.8 Å². The monoisotopic (exact) mass is 390 g/mol. The maximum Gasteiger partial charge on any atom is 0.261 e. The first-order valence-electron chi connectivity index (χ1n) is 8.87. The number of hydrogen-bond donors (Lipinski definition) is 2. The van der Waals surface area contributed by atoms with Gasteiger partial charge in [0.15, 0.2) is 0 Å². The largest absolute Gasteiger partial charge is 0.494 e. The van der Waals surface area contributed by atoms with Crippen molar-refractivity contribution in [2.24, 2.45) is 5.92 Å². The smallest absolute Gasteiger partial charge is 0.261 e. The molecular weight excluding hydrogens is 364 g/mol. The minimum Gasteiger partial charge on any atom is -0.494 e. The van der Waals surface area contributed by atoms with Crippen LogP contribution < -0.4 is 14.8 Å². The lowest BCUT2D eigenvalue weighted by molar-refractivity contribution is 0.0948. The first kappa shape index (κ1) is 20.8. The van der Waals surface area contributed by atoms with Gasteiger partial charge in [-0.2, -0.15) is 0 Å². The molecule has 0 unspecified atom stereocenters. The van der Waals surface area contributed by atoms with Crippen molar-refractivity contribution in [2.75, 3.05) is 17.9 Å². The van der Waals surface area contributed by atoms with E-state index in [0.717, 1.165) is 5.56 Å². The van der Waals surface area contributed by atoms with E-state index in [1.54, 1.807) is 37.3 Å². The van der Waals surface area contributed by atoms with E-state index in [4.69, 9.17) is 4.74 Å². The molecule has 0 saturated carbocycles. The van der Waals surface area contributed by atoms with E-state index in [9.17, 15) is 13.2 Å². The van der Waals surface area contributed by atoms with Crippen LogP contribution in [-0.4, -0.2) is 27.5 Å². The summed E-state index contributed by atoms with van der Waals surface area (Å²) in [4.78, 5) is 12.4. The average Bonchev–Trinajstić information content (AvgIpc) is 2.61. The Hall–Kier alpha value is -2.54. The molecule has 1 amide bonds. The van der Waals surface area contributed by atoms with Crippen LogP contribution >= 0.6 is 0 Å². The molecule has 2 rings (SSSR count). The predicted molar refractivity (Wildman–Crippen MR) is 107 cm³/mol. The second-order valence-corrected chi connectivity index (χ2v) is 8.33. The molecule has 6 nitrogen and oxygen atoms in total. The Balaban J connectivity index is 2.22. The van der Waals surface area contributed by atoms with E-state index >= 15 is 0 Å². The van der Waals surface area contributed by atoms with Gasteiger partial charge in [0.1, 0.15) is 5.75 Å². The number of carbonyl (C=O) groups is 1. The van der Waals surface area contributed by atoms with Crippen molar-refractivity contribution in [3.63, 3.8) is 0 Å². The molecule has 0 spiro atoms. The van der Waals surface area contributed by atoms with E-state index in [2.05, 4.69) is 10.0 Å². The topological polar surface area (TPSA) is 84.5 Å². The van der Waals surface area contributed by atoms with Gasteiger partial charge in [-0.05, 0) is 61.7 Å². The van der Waals surface area contributed by atoms with Gasteiger partial charge in [0.05, 0.1) is 11.5 Å². The lowest BCUT2D eigenvalue weighted by atomic mass is 10.1. The van der Waals surface area contributed by atoms with Crippen LogP contribution in [0.5, 0.6) is 5.75 Å². The highest BCUT2D eigenvalue weighted by Gasteiger charge is 2.18. The van der Waals surface area contributed by atoms with Gasteiger partial charge >= 0.3 is 0 Å². The molecule has 0 atom stereocenters. The highest BCUT2D eigenvalue weighted by molar-refractivity contribution is 7.92. The second kappa shape index (κ2) is 8.90. The molecule has 0 aliphatic rings. The molecule has 0 aromatic heterocycles. The minimum absolute atomic E-state index is 0.0386. The van der Waals surface area contributed by atoms with Crippen LogP contribution in [0.2, 0.25) is 0 Å². The van der Waals surface area contributed by atoms with E-state index in [1.165, 1.54) is 12.1 Å². The number of ether oxygens (including phenoxy) is 1. The summed E-state index contributed by atoms with van der Waals surface area (Å²) in [5.74, 6) is 0.696. The summed E-state index contributed by atoms with van der Waals surface area (Å²) in [7, 11) is -3.81. The third-order valence-corrected chi connectivity index (χ3v) is 5.23. The van der Waals surface area contributed by atoms with E-state index < -0.39 is 10.0 Å². The molecular formula is C20H26N2O4S. The summed E-state index contributed by atoms with van der Waals surface area (Å²) in [6.45, 7) is 8.71. The Labute approximate surface area is 161 Å². The fourth-order valence-corrected chi connectivity index (χ4v) is 3.49. The molecule has 0 radical (unpaired) electrons. The number of sulfonamides is 1. The van der Waals surface area contributed by atoms with Crippen LogP contribution in [0.1, 0.15) is 36.7 Å². The van der Waals surface area contributed by atoms with Gasteiger partial charge in [0.2, 0.25) is 0 Å². The van der Waals surface area contributed by atoms with Crippen LogP contribution in [0, 0.1) is 12.8 Å². The van der Waals surface area contributed by atoms with Crippen molar-refractivity contribution >= 4 is 21.6 Å². The summed E-state index contributed by atoms with van der Waals surface area (Å²) in [5.41, 5.74) is 1.49. The van der Waals surface area contributed by atoms with Gasteiger partial charge in [-0.25, -0.2) is 8.42 Å². The SMILES string of the molecule is CCOc1ccc(NS(=O)(=O)c2ccc(C)c(C(=O)NCC(C)C)c2)cc1. The maximum absolute atomic E-state index is 12.7. The highest BCUT2D eigenvalue weighted by Crippen LogP contribution is 2.21. The zero-order valence-corrected chi connectivity index (χ0v) is 16.9. The summed E-state index contributed by atoms with van der Waals surface area (Å²) in [6, 6.07) is 11.2. The molecule has 2 aromatic carbocycles. The molecule has 0 bridgehead atoms. The van der Waals surface area contributed by atoms with Gasteiger partial charge in [0, 0.05) is 17.8 Å². The van der Waals surface area contributed by atoms with Crippen molar-refractivity contribution in [1.29, 1.82) is 0 Å². The lowest BCUT2D eigenvalue weighted by Crippen LogP contribution is -2.28. The van der Waals surface area contributed by atoms with E-state index in [1.807, 2.05) is 20.8 Å². The Morgan fingerprint density at radius 3 is 2.37 bits per heavy atom. The zero-order chi connectivity index (χ0) is 20.0.